The van der Waals surface area contributed by atoms with Crippen molar-refractivity contribution in [2.24, 2.45) is 23.7 Å². The second kappa shape index (κ2) is 13.7. The maximum Gasteiger partial charge on any atom is 0.0626 e. The summed E-state index contributed by atoms with van der Waals surface area (Å²) in [5.41, 5.74) is 5.87. The Morgan fingerprint density at radius 1 is 1.00 bits per heavy atom. The topological polar surface area (TPSA) is 53.4 Å². The zero-order chi connectivity index (χ0) is 26.7. The summed E-state index contributed by atoms with van der Waals surface area (Å²) in [4.78, 5) is 4.60. The summed E-state index contributed by atoms with van der Waals surface area (Å²) in [5.74, 6) is 2.40. The van der Waals surface area contributed by atoms with Crippen molar-refractivity contribution < 1.29 is 30.3 Å². The molecule has 2 N–H and O–H groups in total. The first kappa shape index (κ1) is 31.0. The Morgan fingerprint density at radius 2 is 1.74 bits per heavy atom. The Hall–Kier alpha value is -1.58. The molecule has 3 nitrogen and oxygen atoms in total. The molecular weight excluding hydrogens is 647 g/mol. The van der Waals surface area contributed by atoms with Crippen molar-refractivity contribution in [1.82, 2.24) is 4.98 Å². The van der Waals surface area contributed by atoms with Gasteiger partial charge in [0.05, 0.1) is 12.2 Å². The second-order valence-electron chi connectivity index (χ2n) is 11.9. The van der Waals surface area contributed by atoms with Crippen LogP contribution in [-0.2, 0) is 20.1 Å². The van der Waals surface area contributed by atoms with Gasteiger partial charge in [0, 0.05) is 32.2 Å². The van der Waals surface area contributed by atoms with Gasteiger partial charge in [0.15, 0.2) is 0 Å². The fourth-order valence-corrected chi connectivity index (χ4v) is 7.00. The first-order valence-corrected chi connectivity index (χ1v) is 14.5. The van der Waals surface area contributed by atoms with Gasteiger partial charge in [0.2, 0.25) is 0 Å². The number of aryl methyl sites for hydroxylation is 2. The van der Waals surface area contributed by atoms with Crippen molar-refractivity contribution >= 4 is 10.8 Å². The summed E-state index contributed by atoms with van der Waals surface area (Å²) in [6, 6.07) is 16.5. The van der Waals surface area contributed by atoms with Gasteiger partial charge >= 0.3 is 0 Å². The Morgan fingerprint density at radius 3 is 2.37 bits per heavy atom. The van der Waals surface area contributed by atoms with Crippen LogP contribution in [0.15, 0.2) is 42.6 Å². The fraction of sp³-hybridized carbons (Fsp3) is 0.559. The Labute approximate surface area is 243 Å². The number of pyridine rings is 1. The summed E-state index contributed by atoms with van der Waals surface area (Å²) in [6.07, 6.45) is 8.14. The molecule has 0 amide bonds. The van der Waals surface area contributed by atoms with Crippen LogP contribution < -0.4 is 0 Å². The van der Waals surface area contributed by atoms with Gasteiger partial charge in [-0.25, -0.2) is 0 Å². The maximum atomic E-state index is 10.4. The predicted octanol–water partition coefficient (Wildman–Crippen LogP) is 8.02. The van der Waals surface area contributed by atoms with Crippen LogP contribution in [0.5, 0.6) is 0 Å². The van der Waals surface area contributed by atoms with E-state index in [2.05, 4.69) is 89.0 Å². The van der Waals surface area contributed by atoms with Crippen LogP contribution in [0.3, 0.4) is 0 Å². The Kier molecular flexibility index (Phi) is 11.1. The predicted molar refractivity (Wildman–Crippen MR) is 155 cm³/mol. The van der Waals surface area contributed by atoms with Crippen molar-refractivity contribution in [2.75, 3.05) is 0 Å². The summed E-state index contributed by atoms with van der Waals surface area (Å²) in [6.45, 7) is 13.1. The Bertz CT molecular complexity index is 1170. The number of fused-ring (bicyclic) bond motifs is 2. The first-order chi connectivity index (χ1) is 17.7. The molecule has 2 aromatic carbocycles. The minimum Gasteiger partial charge on any atom is -0.393 e. The van der Waals surface area contributed by atoms with Crippen LogP contribution >= 0.6 is 0 Å². The van der Waals surface area contributed by atoms with Crippen molar-refractivity contribution in [3.05, 3.63) is 65.4 Å². The smallest absolute Gasteiger partial charge is 0.0626 e. The molecule has 0 bridgehead atoms. The van der Waals surface area contributed by atoms with E-state index in [1.807, 2.05) is 6.20 Å². The molecule has 2 fully saturated rings. The van der Waals surface area contributed by atoms with E-state index in [-0.39, 0.29) is 38.2 Å². The van der Waals surface area contributed by atoms with Gasteiger partial charge in [-0.05, 0) is 71.0 Å². The van der Waals surface area contributed by atoms with Crippen LogP contribution in [0.1, 0.15) is 88.8 Å². The van der Waals surface area contributed by atoms with Crippen molar-refractivity contribution in [3.63, 3.8) is 0 Å². The molecular formula is C34H46IrNO2-. The number of aliphatic hydroxyl groups is 2. The number of hydrogen-bond acceptors (Lipinski definition) is 3. The van der Waals surface area contributed by atoms with Gasteiger partial charge in [0.1, 0.15) is 0 Å². The molecule has 209 valence electrons. The largest absolute Gasteiger partial charge is 0.393 e. The molecule has 0 saturated heterocycles. The van der Waals surface area contributed by atoms with E-state index in [0.29, 0.717) is 23.7 Å². The van der Waals surface area contributed by atoms with Gasteiger partial charge in [-0.2, -0.15) is 0 Å². The number of aliphatic hydroxyl groups excluding tert-OH is 2. The number of rotatable bonds is 5. The SMILES string of the molecule is CCC(CC)C1CC2CCCC(O)C2C1O.Cc1[c-]c(-c2nccc3cc(C(C)C)ccc23)cc(C)c1.[Ir]. The number of hydrogen-bond donors (Lipinski definition) is 2. The van der Waals surface area contributed by atoms with Gasteiger partial charge in [-0.15, -0.1) is 34.9 Å². The van der Waals surface area contributed by atoms with Crippen molar-refractivity contribution in [1.29, 1.82) is 0 Å². The average Bonchev–Trinajstić information content (AvgIpc) is 3.21. The second-order valence-corrected chi connectivity index (χ2v) is 11.9. The van der Waals surface area contributed by atoms with Crippen LogP contribution in [0, 0.1) is 43.6 Å². The Balaban J connectivity index is 0.000000213. The molecule has 1 aromatic heterocycles. The zero-order valence-electron chi connectivity index (χ0n) is 24.0. The van der Waals surface area contributed by atoms with Gasteiger partial charge in [-0.3, -0.25) is 0 Å². The summed E-state index contributed by atoms with van der Waals surface area (Å²) < 4.78 is 0. The number of aromatic nitrogens is 1. The van der Waals surface area contributed by atoms with E-state index in [4.69, 9.17) is 0 Å². The first-order valence-electron chi connectivity index (χ1n) is 14.5. The van der Waals surface area contributed by atoms with Crippen LogP contribution in [0.2, 0.25) is 0 Å². The third-order valence-electron chi connectivity index (χ3n) is 8.98. The molecule has 2 aliphatic rings. The maximum absolute atomic E-state index is 10.4. The molecule has 0 aliphatic heterocycles. The van der Waals surface area contributed by atoms with Crippen LogP contribution in [0.25, 0.3) is 22.0 Å². The standard InChI is InChI=1S/C20H20N.C14H26O2.Ir/c1-13(2)16-5-6-19-17(12-16)7-8-21-20(19)18-10-14(3)9-15(4)11-18;1-3-9(4-2)11-8-10-6-5-7-12(15)13(10)14(11)16;/h5-10,12-13H,1-4H3;9-16H,3-8H2,1-2H3;/q-1;;. The molecule has 5 atom stereocenters. The molecule has 5 rings (SSSR count). The number of benzene rings is 2. The summed E-state index contributed by atoms with van der Waals surface area (Å²) in [7, 11) is 0. The number of nitrogens with zero attached hydrogens (tertiary/aromatic N) is 1. The molecule has 0 spiro atoms. The van der Waals surface area contributed by atoms with Crippen LogP contribution in [-0.4, -0.2) is 27.4 Å². The summed E-state index contributed by atoms with van der Waals surface area (Å²) in [5, 5.41) is 22.9. The molecule has 38 heavy (non-hydrogen) atoms. The third kappa shape index (κ3) is 6.76. The van der Waals surface area contributed by atoms with Gasteiger partial charge in [0.25, 0.3) is 0 Å². The molecule has 1 radical (unpaired) electrons. The zero-order valence-corrected chi connectivity index (χ0v) is 26.4. The van der Waals surface area contributed by atoms with E-state index in [1.165, 1.54) is 28.3 Å². The van der Waals surface area contributed by atoms with E-state index in [0.717, 1.165) is 48.9 Å². The van der Waals surface area contributed by atoms with Crippen molar-refractivity contribution in [3.8, 4) is 11.3 Å². The fourth-order valence-electron chi connectivity index (χ4n) is 7.00. The van der Waals surface area contributed by atoms with Crippen LogP contribution in [0.4, 0.5) is 0 Å². The summed E-state index contributed by atoms with van der Waals surface area (Å²) >= 11 is 0. The van der Waals surface area contributed by atoms with E-state index in [9.17, 15) is 10.2 Å². The third-order valence-corrected chi connectivity index (χ3v) is 8.98. The minimum absolute atomic E-state index is 0. The van der Waals surface area contributed by atoms with Crippen molar-refractivity contribution in [2.45, 2.75) is 98.2 Å². The van der Waals surface area contributed by atoms with Gasteiger partial charge in [-0.1, -0.05) is 79.0 Å². The molecule has 2 aliphatic carbocycles. The minimum atomic E-state index is -0.245. The van der Waals surface area contributed by atoms with E-state index >= 15 is 0 Å². The van der Waals surface area contributed by atoms with E-state index in [1.54, 1.807) is 0 Å². The normalized spacial score (nSPS) is 24.6. The molecule has 4 heteroatoms. The van der Waals surface area contributed by atoms with Gasteiger partial charge < -0.3 is 15.2 Å². The monoisotopic (exact) mass is 693 g/mol. The molecule has 5 unspecified atom stereocenters. The molecule has 3 aromatic rings. The van der Waals surface area contributed by atoms with E-state index < -0.39 is 0 Å². The average molecular weight is 693 g/mol. The molecule has 1 heterocycles. The quantitative estimate of drug-likeness (QED) is 0.267. The molecule has 2 saturated carbocycles.